The fraction of sp³-hybridized carbons (Fsp3) is 0.294. The molecule has 0 radical (unpaired) electrons. The van der Waals surface area contributed by atoms with E-state index >= 15 is 0 Å². The van der Waals surface area contributed by atoms with Gasteiger partial charge in [0.25, 0.3) is 5.91 Å². The second-order valence-electron chi connectivity index (χ2n) is 5.74. The summed E-state index contributed by atoms with van der Waals surface area (Å²) < 4.78 is 5.98. The van der Waals surface area contributed by atoms with E-state index in [1.54, 1.807) is 0 Å². The number of benzene rings is 1. The molecule has 2 heterocycles. The third-order valence-electron chi connectivity index (χ3n) is 3.90. The van der Waals surface area contributed by atoms with Gasteiger partial charge in [-0.05, 0) is 28.7 Å². The van der Waals surface area contributed by atoms with Crippen molar-refractivity contribution in [2.75, 3.05) is 5.73 Å². The van der Waals surface area contributed by atoms with Gasteiger partial charge in [-0.15, -0.1) is 5.10 Å². The molecule has 10 nitrogen and oxygen atoms in total. The molecule has 0 atom stereocenters. The molecular weight excluding hydrogens is 348 g/mol. The van der Waals surface area contributed by atoms with Crippen LogP contribution in [0.25, 0.3) is 5.82 Å². The monoisotopic (exact) mass is 368 g/mol. The molecule has 2 aromatic heterocycles. The number of rotatable bonds is 7. The van der Waals surface area contributed by atoms with Gasteiger partial charge < -0.3 is 5.73 Å². The summed E-state index contributed by atoms with van der Waals surface area (Å²) in [6, 6.07) is 9.64. The Kier molecular flexibility index (Phi) is 5.55. The Morgan fingerprint density at radius 1 is 1.26 bits per heavy atom. The summed E-state index contributed by atoms with van der Waals surface area (Å²) in [5.74, 6) is -0.187. The average molecular weight is 368 g/mol. The van der Waals surface area contributed by atoms with E-state index in [1.165, 1.54) is 4.68 Å². The summed E-state index contributed by atoms with van der Waals surface area (Å²) in [4.78, 5) is 12.6. The first-order chi connectivity index (χ1) is 13.2. The Hall–Kier alpha value is -3.56. The van der Waals surface area contributed by atoms with E-state index in [4.69, 9.17) is 5.73 Å². The van der Waals surface area contributed by atoms with Crippen LogP contribution < -0.4 is 11.2 Å². The van der Waals surface area contributed by atoms with Crippen LogP contribution in [0, 0.1) is 0 Å². The normalized spacial score (nSPS) is 11.6. The summed E-state index contributed by atoms with van der Waals surface area (Å²) in [6.07, 6.45) is 1.98. The first-order valence-corrected chi connectivity index (χ1v) is 8.61. The minimum atomic E-state index is -0.457. The third-order valence-corrected chi connectivity index (χ3v) is 3.90. The zero-order chi connectivity index (χ0) is 19.2. The van der Waals surface area contributed by atoms with Gasteiger partial charge in [0.2, 0.25) is 11.6 Å². The molecule has 0 aliphatic heterocycles. The minimum Gasteiger partial charge on any atom is -0.378 e. The highest BCUT2D eigenvalue weighted by Crippen LogP contribution is 2.17. The SMILES string of the molecule is CCCc1c(C(=O)N/N=C(/CC)c2ccccc2)nnn1-c1nonc1N. The molecule has 0 bridgehead atoms. The number of amides is 1. The van der Waals surface area contributed by atoms with Crippen LogP contribution in [-0.4, -0.2) is 36.9 Å². The number of hydrazone groups is 1. The number of nitrogens with zero attached hydrogens (tertiary/aromatic N) is 6. The molecule has 0 aliphatic rings. The van der Waals surface area contributed by atoms with Gasteiger partial charge in [0, 0.05) is 0 Å². The predicted octanol–water partition coefficient (Wildman–Crippen LogP) is 1.73. The van der Waals surface area contributed by atoms with E-state index in [0.717, 1.165) is 17.7 Å². The van der Waals surface area contributed by atoms with Gasteiger partial charge in [0.05, 0.1) is 11.4 Å². The van der Waals surface area contributed by atoms with Crippen molar-refractivity contribution in [2.24, 2.45) is 5.10 Å². The molecule has 27 heavy (non-hydrogen) atoms. The molecule has 0 saturated heterocycles. The van der Waals surface area contributed by atoms with Crippen molar-refractivity contribution in [3.8, 4) is 5.82 Å². The van der Waals surface area contributed by atoms with Crippen LogP contribution >= 0.6 is 0 Å². The lowest BCUT2D eigenvalue weighted by Crippen LogP contribution is -2.22. The van der Waals surface area contributed by atoms with Crippen LogP contribution in [-0.2, 0) is 6.42 Å². The van der Waals surface area contributed by atoms with Gasteiger partial charge in [-0.25, -0.2) is 10.1 Å². The summed E-state index contributed by atoms with van der Waals surface area (Å²) in [7, 11) is 0. The minimum absolute atomic E-state index is 0.0691. The zero-order valence-electron chi connectivity index (χ0n) is 15.1. The highest BCUT2D eigenvalue weighted by Gasteiger charge is 2.23. The standard InChI is InChI=1S/C17H20N8O2/c1-3-8-13-14(20-24-25(13)16-15(18)22-27-23-16)17(26)21-19-12(4-2)11-9-6-5-7-10-11/h5-7,9-10H,3-4,8H2,1-2H3,(H2,18,22)(H,21,26)/b19-12-. The van der Waals surface area contributed by atoms with Crippen molar-refractivity contribution in [3.05, 3.63) is 47.3 Å². The Bertz CT molecular complexity index is 945. The van der Waals surface area contributed by atoms with Crippen molar-refractivity contribution in [3.63, 3.8) is 0 Å². The Morgan fingerprint density at radius 3 is 2.67 bits per heavy atom. The van der Waals surface area contributed by atoms with Crippen LogP contribution in [0.5, 0.6) is 0 Å². The quantitative estimate of drug-likeness (QED) is 0.478. The fourth-order valence-corrected chi connectivity index (χ4v) is 2.60. The maximum Gasteiger partial charge on any atom is 0.293 e. The molecule has 10 heteroatoms. The molecule has 0 aliphatic carbocycles. The van der Waals surface area contributed by atoms with Crippen LogP contribution in [0.15, 0.2) is 40.1 Å². The lowest BCUT2D eigenvalue weighted by atomic mass is 10.1. The van der Waals surface area contributed by atoms with Gasteiger partial charge in [-0.1, -0.05) is 55.8 Å². The number of nitrogens with one attached hydrogen (secondary N) is 1. The molecule has 140 valence electrons. The molecule has 0 unspecified atom stereocenters. The highest BCUT2D eigenvalue weighted by atomic mass is 16.6. The number of nitrogen functional groups attached to an aromatic ring is 1. The average Bonchev–Trinajstić information content (AvgIpc) is 3.29. The molecule has 1 aromatic carbocycles. The number of carbonyl (C=O) groups is 1. The lowest BCUT2D eigenvalue weighted by Gasteiger charge is -2.06. The van der Waals surface area contributed by atoms with Crippen molar-refractivity contribution in [2.45, 2.75) is 33.1 Å². The molecule has 0 fully saturated rings. The number of hydrogen-bond donors (Lipinski definition) is 2. The highest BCUT2D eigenvalue weighted by molar-refractivity contribution is 6.02. The fourth-order valence-electron chi connectivity index (χ4n) is 2.60. The predicted molar refractivity (Wildman–Crippen MR) is 98.4 cm³/mol. The second kappa shape index (κ2) is 8.21. The number of hydrogen-bond acceptors (Lipinski definition) is 8. The molecule has 1 amide bonds. The topological polar surface area (TPSA) is 137 Å². The van der Waals surface area contributed by atoms with E-state index < -0.39 is 5.91 Å². The molecule has 3 aromatic rings. The van der Waals surface area contributed by atoms with Crippen LogP contribution in [0.3, 0.4) is 0 Å². The Morgan fingerprint density at radius 2 is 2.04 bits per heavy atom. The summed E-state index contributed by atoms with van der Waals surface area (Å²) in [5, 5.41) is 19.5. The van der Waals surface area contributed by atoms with Gasteiger partial charge >= 0.3 is 0 Å². The van der Waals surface area contributed by atoms with Crippen molar-refractivity contribution < 1.29 is 9.42 Å². The molecule has 3 rings (SSSR count). The molecule has 3 N–H and O–H groups in total. The number of carbonyl (C=O) groups excluding carboxylic acids is 1. The first-order valence-electron chi connectivity index (χ1n) is 8.61. The van der Waals surface area contributed by atoms with Gasteiger partial charge in [-0.2, -0.15) is 9.78 Å². The largest absolute Gasteiger partial charge is 0.378 e. The lowest BCUT2D eigenvalue weighted by molar-refractivity contribution is 0.0948. The van der Waals surface area contributed by atoms with Crippen molar-refractivity contribution in [1.82, 2.24) is 30.7 Å². The van der Waals surface area contributed by atoms with Gasteiger partial charge in [0.15, 0.2) is 5.69 Å². The second-order valence-corrected chi connectivity index (χ2v) is 5.74. The van der Waals surface area contributed by atoms with Crippen LogP contribution in [0.1, 0.15) is 48.4 Å². The maximum absolute atomic E-state index is 12.6. The first kappa shape index (κ1) is 18.2. The number of aromatic nitrogens is 5. The van der Waals surface area contributed by atoms with Crippen LogP contribution in [0.4, 0.5) is 5.82 Å². The Labute approximate surface area is 155 Å². The maximum atomic E-state index is 12.6. The summed E-state index contributed by atoms with van der Waals surface area (Å²) in [6.45, 7) is 3.95. The number of anilines is 1. The van der Waals surface area contributed by atoms with E-state index in [-0.39, 0.29) is 17.3 Å². The Balaban J connectivity index is 1.87. The van der Waals surface area contributed by atoms with E-state index in [2.05, 4.69) is 35.8 Å². The smallest absolute Gasteiger partial charge is 0.293 e. The van der Waals surface area contributed by atoms with Crippen molar-refractivity contribution in [1.29, 1.82) is 0 Å². The van der Waals surface area contributed by atoms with Crippen LogP contribution in [0.2, 0.25) is 0 Å². The molecule has 0 spiro atoms. The van der Waals surface area contributed by atoms with Gasteiger partial charge in [-0.3, -0.25) is 4.79 Å². The van der Waals surface area contributed by atoms with E-state index in [1.807, 2.05) is 44.2 Å². The van der Waals surface area contributed by atoms with E-state index in [0.29, 0.717) is 18.5 Å². The molecule has 0 saturated carbocycles. The summed E-state index contributed by atoms with van der Waals surface area (Å²) >= 11 is 0. The summed E-state index contributed by atoms with van der Waals surface area (Å²) in [5.41, 5.74) is 10.7. The third kappa shape index (κ3) is 3.84. The van der Waals surface area contributed by atoms with E-state index in [9.17, 15) is 4.79 Å². The zero-order valence-corrected chi connectivity index (χ0v) is 15.1. The van der Waals surface area contributed by atoms with Crippen molar-refractivity contribution >= 4 is 17.4 Å². The molecular formula is C17H20N8O2. The van der Waals surface area contributed by atoms with Gasteiger partial charge in [0.1, 0.15) is 0 Å². The number of nitrogens with two attached hydrogens (primary N) is 1.